The first kappa shape index (κ1) is 17.7. The number of aliphatic hydroxyl groups excluding tert-OH is 1. The summed E-state index contributed by atoms with van der Waals surface area (Å²) in [5.41, 5.74) is 1.17. The Balaban J connectivity index is 1.63. The number of likely N-dealkylation sites (N-methyl/N-ethyl adjacent to an activating group) is 1. The Morgan fingerprint density at radius 3 is 2.76 bits per heavy atom. The topological polar surface area (TPSA) is 58.4 Å². The van der Waals surface area contributed by atoms with Crippen LogP contribution in [0.15, 0.2) is 42.7 Å². The Labute approximate surface area is 149 Å². The first-order valence-electron chi connectivity index (χ1n) is 9.05. The summed E-state index contributed by atoms with van der Waals surface area (Å²) in [6.45, 7) is 1.95. The van der Waals surface area contributed by atoms with Gasteiger partial charge in [-0.1, -0.05) is 30.3 Å². The van der Waals surface area contributed by atoms with Crippen LogP contribution in [0.1, 0.15) is 43.1 Å². The number of aryl methyl sites for hydroxylation is 2. The normalized spacial score (nSPS) is 23.4. The second-order valence-corrected chi connectivity index (χ2v) is 6.93. The minimum Gasteiger partial charge on any atom is -0.389 e. The molecule has 1 amide bonds. The number of carbonyl (C=O) groups is 1. The first-order valence-corrected chi connectivity index (χ1v) is 9.05. The van der Waals surface area contributed by atoms with Gasteiger partial charge in [0.25, 0.3) is 0 Å². The van der Waals surface area contributed by atoms with Crippen molar-refractivity contribution < 1.29 is 9.90 Å². The molecule has 0 unspecified atom stereocenters. The lowest BCUT2D eigenvalue weighted by molar-refractivity contribution is -0.136. The smallest absolute Gasteiger partial charge is 0.222 e. The molecular formula is C20H27N3O2. The highest BCUT2D eigenvalue weighted by molar-refractivity contribution is 5.76. The maximum atomic E-state index is 12.6. The number of rotatable bonds is 5. The van der Waals surface area contributed by atoms with E-state index in [1.54, 1.807) is 11.1 Å². The Hall–Kier alpha value is -2.14. The van der Waals surface area contributed by atoms with Gasteiger partial charge in [-0.25, -0.2) is 4.98 Å². The molecule has 134 valence electrons. The number of amides is 1. The highest BCUT2D eigenvalue weighted by Crippen LogP contribution is 2.32. The lowest BCUT2D eigenvalue weighted by Crippen LogP contribution is -2.50. The van der Waals surface area contributed by atoms with Crippen LogP contribution in [0.2, 0.25) is 0 Å². The molecule has 1 heterocycles. The maximum Gasteiger partial charge on any atom is 0.222 e. The number of hydrogen-bond acceptors (Lipinski definition) is 3. The van der Waals surface area contributed by atoms with Crippen LogP contribution < -0.4 is 0 Å². The number of benzene rings is 1. The highest BCUT2D eigenvalue weighted by atomic mass is 16.3. The number of imidazole rings is 1. The molecule has 3 rings (SSSR count). The van der Waals surface area contributed by atoms with Crippen LogP contribution in [0, 0.1) is 6.92 Å². The molecule has 1 aliphatic rings. The number of nitrogens with zero attached hydrogens (tertiary/aromatic N) is 3. The van der Waals surface area contributed by atoms with E-state index >= 15 is 0 Å². The molecule has 1 aromatic heterocycles. The maximum absolute atomic E-state index is 12.6. The van der Waals surface area contributed by atoms with E-state index in [0.717, 1.165) is 31.5 Å². The molecule has 1 fully saturated rings. The number of aliphatic hydroxyl groups is 1. The molecule has 0 aliphatic heterocycles. The van der Waals surface area contributed by atoms with Crippen molar-refractivity contribution in [3.63, 3.8) is 0 Å². The molecule has 0 saturated heterocycles. The number of carbonyl (C=O) groups excluding carboxylic acids is 1. The van der Waals surface area contributed by atoms with Crippen molar-refractivity contribution in [2.75, 3.05) is 7.05 Å². The fourth-order valence-electron chi connectivity index (χ4n) is 3.86. The Kier molecular flexibility index (Phi) is 5.53. The lowest BCUT2D eigenvalue weighted by Gasteiger charge is -2.40. The van der Waals surface area contributed by atoms with Gasteiger partial charge in [0.1, 0.15) is 5.82 Å². The summed E-state index contributed by atoms with van der Waals surface area (Å²) in [6.07, 6.45) is 7.09. The van der Waals surface area contributed by atoms with Crippen LogP contribution in [0.25, 0.3) is 0 Å². The molecule has 1 saturated carbocycles. The van der Waals surface area contributed by atoms with Crippen LogP contribution in [0.5, 0.6) is 0 Å². The predicted octanol–water partition coefficient (Wildman–Crippen LogP) is 2.74. The standard InChI is InChI=1S/C20H27N3O2/c1-15-21-13-14-23(15)18-10-6-9-17(20(18)25)22(2)19(24)12-11-16-7-4-3-5-8-16/h3-5,7-8,13-14,17-18,20,25H,6,9-12H2,1-2H3/t17-,18-,20-/m1/s1. The van der Waals surface area contributed by atoms with E-state index < -0.39 is 6.10 Å². The van der Waals surface area contributed by atoms with Crippen LogP contribution in [0.3, 0.4) is 0 Å². The second kappa shape index (κ2) is 7.83. The minimum absolute atomic E-state index is 0.00868. The second-order valence-electron chi connectivity index (χ2n) is 6.93. The van der Waals surface area contributed by atoms with Gasteiger partial charge in [0, 0.05) is 25.9 Å². The molecule has 1 N–H and O–H groups in total. The minimum atomic E-state index is -0.563. The largest absolute Gasteiger partial charge is 0.389 e. The van der Waals surface area contributed by atoms with E-state index in [1.807, 2.05) is 55.1 Å². The summed E-state index contributed by atoms with van der Waals surface area (Å²) >= 11 is 0. The molecule has 25 heavy (non-hydrogen) atoms. The van der Waals surface area contributed by atoms with Crippen molar-refractivity contribution in [3.8, 4) is 0 Å². The average Bonchev–Trinajstić information content (AvgIpc) is 3.06. The third-order valence-corrected chi connectivity index (χ3v) is 5.37. The number of hydrogen-bond donors (Lipinski definition) is 1. The van der Waals surface area contributed by atoms with Gasteiger partial charge in [0.15, 0.2) is 0 Å². The van der Waals surface area contributed by atoms with Crippen LogP contribution in [-0.4, -0.2) is 44.7 Å². The van der Waals surface area contributed by atoms with Crippen LogP contribution in [0.4, 0.5) is 0 Å². The monoisotopic (exact) mass is 341 g/mol. The Morgan fingerprint density at radius 2 is 2.08 bits per heavy atom. The zero-order valence-corrected chi connectivity index (χ0v) is 15.0. The third kappa shape index (κ3) is 3.93. The molecule has 0 spiro atoms. The summed E-state index contributed by atoms with van der Waals surface area (Å²) in [5.74, 6) is 0.999. The average molecular weight is 341 g/mol. The Morgan fingerprint density at radius 1 is 1.32 bits per heavy atom. The molecule has 5 nitrogen and oxygen atoms in total. The predicted molar refractivity (Wildman–Crippen MR) is 97.2 cm³/mol. The Bertz CT molecular complexity index is 698. The van der Waals surface area contributed by atoms with E-state index in [4.69, 9.17) is 0 Å². The van der Waals surface area contributed by atoms with Gasteiger partial charge in [0.2, 0.25) is 5.91 Å². The quantitative estimate of drug-likeness (QED) is 0.910. The summed E-state index contributed by atoms with van der Waals surface area (Å²) in [5, 5.41) is 10.9. The van der Waals surface area contributed by atoms with E-state index in [-0.39, 0.29) is 18.0 Å². The van der Waals surface area contributed by atoms with Gasteiger partial charge in [-0.15, -0.1) is 0 Å². The van der Waals surface area contributed by atoms with Gasteiger partial charge in [0.05, 0.1) is 18.2 Å². The van der Waals surface area contributed by atoms with Gasteiger partial charge in [-0.3, -0.25) is 4.79 Å². The van der Waals surface area contributed by atoms with Gasteiger partial charge in [-0.05, 0) is 38.2 Å². The van der Waals surface area contributed by atoms with Gasteiger partial charge >= 0.3 is 0 Å². The van der Waals surface area contributed by atoms with Crippen LogP contribution >= 0.6 is 0 Å². The zero-order chi connectivity index (χ0) is 17.8. The van der Waals surface area contributed by atoms with Gasteiger partial charge in [-0.2, -0.15) is 0 Å². The molecule has 5 heteroatoms. The highest BCUT2D eigenvalue weighted by Gasteiger charge is 2.37. The fourth-order valence-corrected chi connectivity index (χ4v) is 3.86. The van der Waals surface area contributed by atoms with E-state index in [1.165, 1.54) is 5.56 Å². The van der Waals surface area contributed by atoms with Crippen molar-refractivity contribution >= 4 is 5.91 Å². The molecule has 1 aliphatic carbocycles. The van der Waals surface area contributed by atoms with Crippen molar-refractivity contribution in [1.82, 2.24) is 14.5 Å². The molecular weight excluding hydrogens is 314 g/mol. The van der Waals surface area contributed by atoms with E-state index in [2.05, 4.69) is 4.98 Å². The van der Waals surface area contributed by atoms with Crippen molar-refractivity contribution in [2.45, 2.75) is 57.2 Å². The van der Waals surface area contributed by atoms with Gasteiger partial charge < -0.3 is 14.6 Å². The molecule has 0 bridgehead atoms. The first-order chi connectivity index (χ1) is 12.1. The summed E-state index contributed by atoms with van der Waals surface area (Å²) in [7, 11) is 1.82. The molecule has 0 radical (unpaired) electrons. The lowest BCUT2D eigenvalue weighted by atomic mass is 9.86. The SMILES string of the molecule is Cc1nccn1[C@@H]1CCC[C@@H](N(C)C(=O)CCc2ccccc2)[C@H]1O. The summed E-state index contributed by atoms with van der Waals surface area (Å²) in [4.78, 5) is 18.6. The fraction of sp³-hybridized carbons (Fsp3) is 0.500. The summed E-state index contributed by atoms with van der Waals surface area (Å²) < 4.78 is 2.04. The number of aromatic nitrogens is 2. The third-order valence-electron chi connectivity index (χ3n) is 5.37. The summed E-state index contributed by atoms with van der Waals surface area (Å²) in [6, 6.07) is 9.91. The van der Waals surface area contributed by atoms with E-state index in [0.29, 0.717) is 6.42 Å². The molecule has 3 atom stereocenters. The zero-order valence-electron chi connectivity index (χ0n) is 15.0. The van der Waals surface area contributed by atoms with Crippen LogP contribution in [-0.2, 0) is 11.2 Å². The van der Waals surface area contributed by atoms with Crippen molar-refractivity contribution in [3.05, 3.63) is 54.1 Å². The van der Waals surface area contributed by atoms with Crippen molar-refractivity contribution in [2.24, 2.45) is 0 Å². The van der Waals surface area contributed by atoms with E-state index in [9.17, 15) is 9.90 Å². The van der Waals surface area contributed by atoms with Crippen molar-refractivity contribution in [1.29, 1.82) is 0 Å². The molecule has 1 aromatic carbocycles. The molecule has 2 aromatic rings.